The monoisotopic (exact) mass is 740 g/mol. The van der Waals surface area contributed by atoms with Crippen LogP contribution < -0.4 is 10.6 Å². The van der Waals surface area contributed by atoms with Crippen molar-refractivity contribution in [3.8, 4) is 0 Å². The minimum atomic E-state index is -4.20. The Morgan fingerprint density at radius 2 is 1.53 bits per heavy atom. The molecule has 250 valence electrons. The van der Waals surface area contributed by atoms with Gasteiger partial charge in [0.1, 0.15) is 12.1 Å². The molecule has 2 heterocycles. The summed E-state index contributed by atoms with van der Waals surface area (Å²) in [5.74, 6) is -2.31. The number of nitrogens with one attached hydrogen (secondary N) is 2. The zero-order chi connectivity index (χ0) is 33.9. The minimum Gasteiger partial charge on any atom is -0.480 e. The predicted molar refractivity (Wildman–Crippen MR) is 181 cm³/mol. The van der Waals surface area contributed by atoms with Crippen LogP contribution in [0, 0.1) is 11.8 Å². The Kier molecular flexibility index (Phi) is 11.4. The second-order valence-corrected chi connectivity index (χ2v) is 15.4. The van der Waals surface area contributed by atoms with E-state index >= 15 is 0 Å². The van der Waals surface area contributed by atoms with Crippen molar-refractivity contribution < 1.29 is 27.9 Å². The molecule has 47 heavy (non-hydrogen) atoms. The van der Waals surface area contributed by atoms with Crippen LogP contribution in [-0.4, -0.2) is 59.2 Å². The lowest BCUT2D eigenvalue weighted by atomic mass is 9.79. The van der Waals surface area contributed by atoms with Gasteiger partial charge in [0.05, 0.1) is 20.5 Å². The third-order valence-electron chi connectivity index (χ3n) is 8.70. The van der Waals surface area contributed by atoms with Crippen molar-refractivity contribution in [3.63, 3.8) is 0 Å². The Morgan fingerprint density at radius 3 is 2.13 bits per heavy atom. The summed E-state index contributed by atoms with van der Waals surface area (Å²) < 4.78 is 29.0. The number of halogens is 4. The molecular formula is C32H32Cl4N4O6S. The first-order valence-electron chi connectivity index (χ1n) is 15.0. The molecule has 2 aliphatic rings. The van der Waals surface area contributed by atoms with E-state index in [0.29, 0.717) is 11.3 Å². The molecule has 2 aromatic carbocycles. The molecule has 3 N–H and O–H groups in total. The number of amides is 2. The van der Waals surface area contributed by atoms with E-state index in [0.717, 1.165) is 32.1 Å². The quantitative estimate of drug-likeness (QED) is 0.209. The fourth-order valence-electron chi connectivity index (χ4n) is 6.35. The van der Waals surface area contributed by atoms with Crippen molar-refractivity contribution in [2.24, 2.45) is 11.8 Å². The number of benzene rings is 2. The van der Waals surface area contributed by atoms with E-state index in [1.807, 2.05) is 0 Å². The molecule has 0 radical (unpaired) electrons. The number of hydrogen-bond donors (Lipinski definition) is 3. The smallest absolute Gasteiger partial charge is 0.326 e. The maximum Gasteiger partial charge on any atom is 0.326 e. The van der Waals surface area contributed by atoms with Gasteiger partial charge in [-0.25, -0.2) is 13.2 Å². The zero-order valence-electron chi connectivity index (χ0n) is 25.0. The molecule has 3 atom stereocenters. The Labute approximate surface area is 292 Å². The molecule has 1 aliphatic heterocycles. The Hall–Kier alpha value is -2.93. The molecule has 1 aromatic heterocycles. The first-order chi connectivity index (χ1) is 22.3. The summed E-state index contributed by atoms with van der Waals surface area (Å²) in [5.41, 5.74) is 1.02. The van der Waals surface area contributed by atoms with Crippen molar-refractivity contribution in [1.82, 2.24) is 14.6 Å². The number of anilines is 1. The van der Waals surface area contributed by atoms with Gasteiger partial charge in [-0.2, -0.15) is 4.31 Å². The highest BCUT2D eigenvalue weighted by Crippen LogP contribution is 2.40. The predicted octanol–water partition coefficient (Wildman–Crippen LogP) is 6.72. The minimum absolute atomic E-state index is 0.0570. The van der Waals surface area contributed by atoms with Gasteiger partial charge in [-0.3, -0.25) is 14.6 Å². The van der Waals surface area contributed by atoms with E-state index in [-0.39, 0.29) is 61.8 Å². The number of rotatable bonds is 10. The number of carbonyl (C=O) groups is 3. The molecule has 1 saturated heterocycles. The first-order valence-corrected chi connectivity index (χ1v) is 18.0. The van der Waals surface area contributed by atoms with Crippen molar-refractivity contribution in [1.29, 1.82) is 0 Å². The van der Waals surface area contributed by atoms with Crippen LogP contribution in [-0.2, 0) is 26.0 Å². The molecule has 5 rings (SSSR count). The van der Waals surface area contributed by atoms with Crippen molar-refractivity contribution in [2.45, 2.75) is 61.9 Å². The van der Waals surface area contributed by atoms with Gasteiger partial charge >= 0.3 is 5.97 Å². The number of sulfonamides is 1. The lowest BCUT2D eigenvalue weighted by Crippen LogP contribution is -2.51. The fourth-order valence-corrected chi connectivity index (χ4v) is 9.27. The average molecular weight is 743 g/mol. The van der Waals surface area contributed by atoms with E-state index in [1.165, 1.54) is 34.9 Å². The number of aromatic nitrogens is 1. The van der Waals surface area contributed by atoms with Gasteiger partial charge in [0.25, 0.3) is 5.91 Å². The molecule has 15 heteroatoms. The van der Waals surface area contributed by atoms with Gasteiger partial charge in [0, 0.05) is 41.1 Å². The Balaban J connectivity index is 1.32. The van der Waals surface area contributed by atoms with Crippen LogP contribution in [0.2, 0.25) is 20.1 Å². The molecule has 3 aromatic rings. The maximum atomic E-state index is 13.9. The number of carboxylic acid groups (broad SMARTS) is 1. The Morgan fingerprint density at radius 1 is 0.915 bits per heavy atom. The molecule has 2 fully saturated rings. The number of pyridine rings is 1. The van der Waals surface area contributed by atoms with Gasteiger partial charge in [-0.05, 0) is 54.2 Å². The van der Waals surface area contributed by atoms with E-state index in [2.05, 4.69) is 15.6 Å². The summed E-state index contributed by atoms with van der Waals surface area (Å²) in [6, 6.07) is 7.91. The molecule has 0 unspecified atom stereocenters. The third-order valence-corrected chi connectivity index (χ3v) is 11.6. The fraction of sp³-hybridized carbons (Fsp3) is 0.375. The topological polar surface area (TPSA) is 146 Å². The first kappa shape index (κ1) is 35.4. The van der Waals surface area contributed by atoms with E-state index < -0.39 is 39.9 Å². The number of aliphatic carboxylic acids is 1. The summed E-state index contributed by atoms with van der Waals surface area (Å²) in [6.45, 7) is 0.135. The zero-order valence-corrected chi connectivity index (χ0v) is 28.8. The van der Waals surface area contributed by atoms with Crippen LogP contribution in [0.3, 0.4) is 0 Å². The molecule has 10 nitrogen and oxygen atoms in total. The molecule has 0 bridgehead atoms. The van der Waals surface area contributed by atoms with Crippen LogP contribution in [0.25, 0.3) is 0 Å². The molecule has 2 amide bonds. The van der Waals surface area contributed by atoms with Crippen LogP contribution in [0.4, 0.5) is 5.69 Å². The van der Waals surface area contributed by atoms with E-state index in [4.69, 9.17) is 46.4 Å². The number of nitrogens with zero attached hydrogens (tertiary/aromatic N) is 2. The van der Waals surface area contributed by atoms with E-state index in [1.54, 1.807) is 24.3 Å². The van der Waals surface area contributed by atoms with Crippen LogP contribution >= 0.6 is 46.4 Å². The highest BCUT2D eigenvalue weighted by Gasteiger charge is 2.46. The van der Waals surface area contributed by atoms with Crippen LogP contribution in [0.15, 0.2) is 59.8 Å². The Bertz CT molecular complexity index is 1730. The average Bonchev–Trinajstić information content (AvgIpc) is 3.48. The lowest BCUT2D eigenvalue weighted by Gasteiger charge is -2.27. The molecular weight excluding hydrogens is 710 g/mol. The number of hydrogen-bond acceptors (Lipinski definition) is 6. The van der Waals surface area contributed by atoms with Gasteiger partial charge < -0.3 is 15.7 Å². The largest absolute Gasteiger partial charge is 0.480 e. The van der Waals surface area contributed by atoms with Gasteiger partial charge in [-0.1, -0.05) is 90.6 Å². The van der Waals surface area contributed by atoms with Gasteiger partial charge in [0.2, 0.25) is 15.9 Å². The summed E-state index contributed by atoms with van der Waals surface area (Å²) in [7, 11) is -4.20. The summed E-state index contributed by atoms with van der Waals surface area (Å²) >= 11 is 24.4. The maximum absolute atomic E-state index is 13.9. The van der Waals surface area contributed by atoms with Crippen LogP contribution in [0.5, 0.6) is 0 Å². The second kappa shape index (κ2) is 15.1. The molecule has 1 aliphatic carbocycles. The SMILES string of the molecule is O=C(Nc1ccc(C[C@H](NC(=O)[C@H]2C[C@@H](C3CCCCC3)CN2S(=O)(=O)c2cc(Cl)cc(Cl)c2)C(=O)O)cc1)c1c(Cl)cncc1Cl. The molecule has 1 saturated carbocycles. The number of carboxylic acids is 1. The third kappa shape index (κ3) is 8.39. The second-order valence-electron chi connectivity index (χ2n) is 11.8. The molecule has 0 spiro atoms. The van der Waals surface area contributed by atoms with Gasteiger partial charge in [-0.15, -0.1) is 0 Å². The highest BCUT2D eigenvalue weighted by molar-refractivity contribution is 7.89. The van der Waals surface area contributed by atoms with E-state index in [9.17, 15) is 27.9 Å². The van der Waals surface area contributed by atoms with Crippen LogP contribution in [0.1, 0.15) is 54.4 Å². The standard InChI is InChI=1S/C32H32Cl4N4O6S/c33-21-12-22(34)14-24(13-21)47(45,46)40-17-20(19-4-2-1-3-5-19)11-28(40)30(41)39-27(32(43)44)10-18-6-8-23(9-7-18)38-31(42)29-25(35)15-37-16-26(29)36/h6-9,12-16,19-20,27-28H,1-5,10-11,17H2,(H,38,42)(H,39,41)(H,43,44)/t20-,27+,28-/m1/s1. The van der Waals surface area contributed by atoms with Gasteiger partial charge in [0.15, 0.2) is 0 Å². The summed E-state index contributed by atoms with van der Waals surface area (Å²) in [6.07, 6.45) is 7.90. The number of carbonyl (C=O) groups excluding carboxylic acids is 2. The van der Waals surface area contributed by atoms with Crippen molar-refractivity contribution in [3.05, 3.63) is 86.1 Å². The lowest BCUT2D eigenvalue weighted by molar-refractivity contribution is -0.142. The summed E-state index contributed by atoms with van der Waals surface area (Å²) in [5, 5.41) is 15.8. The van der Waals surface area contributed by atoms with Crippen molar-refractivity contribution >= 4 is 79.9 Å². The highest BCUT2D eigenvalue weighted by atomic mass is 35.5. The van der Waals surface area contributed by atoms with Crippen molar-refractivity contribution in [2.75, 3.05) is 11.9 Å². The summed E-state index contributed by atoms with van der Waals surface area (Å²) in [4.78, 5) is 42.5. The normalized spacial score (nSPS) is 19.7.